The molecule has 0 N–H and O–H groups in total. The lowest BCUT2D eigenvalue weighted by Crippen LogP contribution is -2.23. The standard InChI is InChI=1S/C7H9NOS/c1-4-3-6(10)7(9)5(2)8-4/h3,6,10H,1-2H3. The van der Waals surface area contributed by atoms with Gasteiger partial charge in [-0.05, 0) is 19.9 Å². The molecule has 2 nitrogen and oxygen atoms in total. The maximum atomic E-state index is 11.0. The fourth-order valence-electron chi connectivity index (χ4n) is 0.875. The Hall–Kier alpha value is -0.570. The van der Waals surface area contributed by atoms with Crippen molar-refractivity contribution >= 4 is 24.1 Å². The molecule has 1 atom stereocenters. The topological polar surface area (TPSA) is 29.4 Å². The predicted octanol–water partition coefficient (Wildman–Crippen LogP) is 1.23. The highest BCUT2D eigenvalue weighted by atomic mass is 32.1. The first-order chi connectivity index (χ1) is 4.61. The van der Waals surface area contributed by atoms with Gasteiger partial charge in [-0.1, -0.05) is 0 Å². The van der Waals surface area contributed by atoms with Crippen molar-refractivity contribution in [3.63, 3.8) is 0 Å². The minimum Gasteiger partial charge on any atom is -0.291 e. The number of carbonyl (C=O) groups excluding carboxylic acids is 1. The third-order valence-electron chi connectivity index (χ3n) is 1.37. The second-order valence-corrected chi connectivity index (χ2v) is 2.87. The molecule has 1 aliphatic rings. The van der Waals surface area contributed by atoms with Crippen LogP contribution in [0.3, 0.4) is 0 Å². The lowest BCUT2D eigenvalue weighted by molar-refractivity contribution is -0.111. The summed E-state index contributed by atoms with van der Waals surface area (Å²) in [6.45, 7) is 3.57. The predicted molar refractivity (Wildman–Crippen MR) is 44.6 cm³/mol. The number of hydrogen-bond donors (Lipinski definition) is 1. The maximum Gasteiger partial charge on any atom is 0.193 e. The Morgan fingerprint density at radius 3 is 2.70 bits per heavy atom. The molecule has 0 amide bonds. The van der Waals surface area contributed by atoms with Gasteiger partial charge in [0.25, 0.3) is 0 Å². The molecule has 10 heavy (non-hydrogen) atoms. The summed E-state index contributed by atoms with van der Waals surface area (Å²) in [4.78, 5) is 15.0. The molecule has 0 aromatic heterocycles. The molecule has 0 bridgehead atoms. The van der Waals surface area contributed by atoms with E-state index in [0.717, 1.165) is 5.70 Å². The van der Waals surface area contributed by atoms with E-state index in [9.17, 15) is 4.79 Å². The van der Waals surface area contributed by atoms with E-state index in [0.29, 0.717) is 5.71 Å². The van der Waals surface area contributed by atoms with Crippen LogP contribution in [0.25, 0.3) is 0 Å². The van der Waals surface area contributed by atoms with Crippen LogP contribution in [-0.2, 0) is 4.79 Å². The van der Waals surface area contributed by atoms with Crippen LogP contribution in [0.4, 0.5) is 0 Å². The highest BCUT2D eigenvalue weighted by Gasteiger charge is 2.18. The van der Waals surface area contributed by atoms with Crippen molar-refractivity contribution in [3.8, 4) is 0 Å². The van der Waals surface area contributed by atoms with Gasteiger partial charge in [0.15, 0.2) is 5.78 Å². The molecule has 0 saturated heterocycles. The number of thiol groups is 1. The summed E-state index contributed by atoms with van der Waals surface area (Å²) in [7, 11) is 0. The largest absolute Gasteiger partial charge is 0.291 e. The second-order valence-electron chi connectivity index (χ2n) is 2.31. The third-order valence-corrected chi connectivity index (χ3v) is 1.75. The van der Waals surface area contributed by atoms with E-state index < -0.39 is 0 Å². The van der Waals surface area contributed by atoms with E-state index in [4.69, 9.17) is 0 Å². The van der Waals surface area contributed by atoms with E-state index in [2.05, 4.69) is 17.6 Å². The minimum atomic E-state index is -0.280. The molecule has 0 aliphatic carbocycles. The van der Waals surface area contributed by atoms with Gasteiger partial charge in [0.2, 0.25) is 0 Å². The molecule has 0 saturated carbocycles. The first kappa shape index (κ1) is 7.54. The van der Waals surface area contributed by atoms with Gasteiger partial charge in [0.05, 0.1) is 11.0 Å². The van der Waals surface area contributed by atoms with Gasteiger partial charge in [-0.2, -0.15) is 12.6 Å². The van der Waals surface area contributed by atoms with Crippen LogP contribution in [0, 0.1) is 0 Å². The summed E-state index contributed by atoms with van der Waals surface area (Å²) in [5, 5.41) is -0.280. The molecule has 1 heterocycles. The van der Waals surface area contributed by atoms with Crippen LogP contribution in [0.15, 0.2) is 16.8 Å². The Morgan fingerprint density at radius 2 is 2.20 bits per heavy atom. The highest BCUT2D eigenvalue weighted by molar-refractivity contribution is 7.82. The normalized spacial score (nSPS) is 25.9. The van der Waals surface area contributed by atoms with Gasteiger partial charge in [-0.25, -0.2) is 0 Å². The van der Waals surface area contributed by atoms with Gasteiger partial charge < -0.3 is 0 Å². The summed E-state index contributed by atoms with van der Waals surface area (Å²) < 4.78 is 0. The lowest BCUT2D eigenvalue weighted by atomic mass is 10.1. The molecular formula is C7H9NOS. The van der Waals surface area contributed by atoms with Crippen LogP contribution in [-0.4, -0.2) is 16.7 Å². The molecule has 0 aromatic carbocycles. The van der Waals surface area contributed by atoms with Crippen LogP contribution in [0.2, 0.25) is 0 Å². The molecule has 0 radical (unpaired) electrons. The number of nitrogens with zero attached hydrogens (tertiary/aromatic N) is 1. The van der Waals surface area contributed by atoms with Crippen molar-refractivity contribution < 1.29 is 4.79 Å². The van der Waals surface area contributed by atoms with Gasteiger partial charge in [-0.15, -0.1) is 0 Å². The zero-order chi connectivity index (χ0) is 7.72. The van der Waals surface area contributed by atoms with E-state index in [1.165, 1.54) is 0 Å². The smallest absolute Gasteiger partial charge is 0.193 e. The lowest BCUT2D eigenvalue weighted by Gasteiger charge is -2.10. The summed E-state index contributed by atoms with van der Waals surface area (Å²) >= 11 is 4.07. The molecule has 1 unspecified atom stereocenters. The fourth-order valence-corrected chi connectivity index (χ4v) is 1.28. The Kier molecular flexibility index (Phi) is 1.94. The van der Waals surface area contributed by atoms with E-state index in [1.54, 1.807) is 13.0 Å². The van der Waals surface area contributed by atoms with E-state index >= 15 is 0 Å². The number of aliphatic imine (C=N–C) groups is 1. The zero-order valence-corrected chi connectivity index (χ0v) is 6.85. The molecular weight excluding hydrogens is 146 g/mol. The van der Waals surface area contributed by atoms with Crippen molar-refractivity contribution in [3.05, 3.63) is 11.8 Å². The number of ketones is 1. The molecule has 0 spiro atoms. The van der Waals surface area contributed by atoms with Crippen molar-refractivity contribution in [2.24, 2.45) is 4.99 Å². The first-order valence-electron chi connectivity index (χ1n) is 3.07. The van der Waals surface area contributed by atoms with Gasteiger partial charge in [0.1, 0.15) is 0 Å². The summed E-state index contributed by atoms with van der Waals surface area (Å²) in [5.74, 6) is 0.00827. The van der Waals surface area contributed by atoms with E-state index in [-0.39, 0.29) is 11.0 Å². The number of carbonyl (C=O) groups is 1. The highest BCUT2D eigenvalue weighted by Crippen LogP contribution is 2.11. The molecule has 1 rings (SSSR count). The average molecular weight is 155 g/mol. The molecule has 54 valence electrons. The van der Waals surface area contributed by atoms with E-state index in [1.807, 2.05) is 6.92 Å². The van der Waals surface area contributed by atoms with Crippen molar-refractivity contribution in [2.45, 2.75) is 19.1 Å². The molecule has 1 aliphatic heterocycles. The Bertz CT molecular complexity index is 230. The minimum absolute atomic E-state index is 0.00827. The quantitative estimate of drug-likeness (QED) is 0.524. The summed E-state index contributed by atoms with van der Waals surface area (Å²) in [5.41, 5.74) is 1.43. The number of allylic oxidation sites excluding steroid dienone is 1. The Labute approximate surface area is 65.4 Å². The first-order valence-corrected chi connectivity index (χ1v) is 3.59. The van der Waals surface area contributed by atoms with Gasteiger partial charge >= 0.3 is 0 Å². The van der Waals surface area contributed by atoms with Crippen LogP contribution in [0.5, 0.6) is 0 Å². The summed E-state index contributed by atoms with van der Waals surface area (Å²) in [6.07, 6.45) is 1.75. The number of hydrogen-bond acceptors (Lipinski definition) is 3. The monoisotopic (exact) mass is 155 g/mol. The fraction of sp³-hybridized carbons (Fsp3) is 0.429. The second kappa shape index (κ2) is 2.58. The van der Waals surface area contributed by atoms with Crippen molar-refractivity contribution in [1.29, 1.82) is 0 Å². The molecule has 0 aromatic rings. The van der Waals surface area contributed by atoms with Crippen molar-refractivity contribution in [2.75, 3.05) is 0 Å². The van der Waals surface area contributed by atoms with Gasteiger partial charge in [0, 0.05) is 5.70 Å². The van der Waals surface area contributed by atoms with Crippen LogP contribution < -0.4 is 0 Å². The van der Waals surface area contributed by atoms with Crippen LogP contribution >= 0.6 is 12.6 Å². The average Bonchev–Trinajstić information content (AvgIpc) is 1.82. The number of rotatable bonds is 0. The van der Waals surface area contributed by atoms with Crippen LogP contribution in [0.1, 0.15) is 13.8 Å². The maximum absolute atomic E-state index is 11.0. The van der Waals surface area contributed by atoms with Gasteiger partial charge in [-0.3, -0.25) is 9.79 Å². The molecule has 3 heteroatoms. The number of Topliss-reactive ketones (excluding diaryl/α,β-unsaturated/α-hetero) is 1. The Morgan fingerprint density at radius 1 is 1.60 bits per heavy atom. The third kappa shape index (κ3) is 1.29. The van der Waals surface area contributed by atoms with Crippen molar-refractivity contribution in [1.82, 2.24) is 0 Å². The molecule has 0 fully saturated rings. The Balaban J connectivity index is 2.95. The zero-order valence-electron chi connectivity index (χ0n) is 5.96. The SMILES string of the molecule is CC1=CC(S)C(=O)C(C)=N1. The summed E-state index contributed by atoms with van der Waals surface area (Å²) in [6, 6.07) is 0.